The highest BCUT2D eigenvalue weighted by Crippen LogP contribution is 2.39. The summed E-state index contributed by atoms with van der Waals surface area (Å²) in [6.45, 7) is 5.46. The second-order valence-electron chi connectivity index (χ2n) is 11.7. The first kappa shape index (κ1) is 37.2. The van der Waals surface area contributed by atoms with Gasteiger partial charge in [0.25, 0.3) is 5.09 Å². The molecule has 1 aliphatic carbocycles. The van der Waals surface area contributed by atoms with Crippen LogP contribution in [0.3, 0.4) is 0 Å². The molecule has 1 aromatic carbocycles. The third kappa shape index (κ3) is 15.1. The molecular weight excluding hydrogens is 570 g/mol. The molecule has 44 heavy (non-hydrogen) atoms. The van der Waals surface area contributed by atoms with E-state index in [-0.39, 0.29) is 49.6 Å². The van der Waals surface area contributed by atoms with Crippen molar-refractivity contribution in [3.63, 3.8) is 0 Å². The number of aliphatic hydroxyl groups is 2. The number of esters is 2. The van der Waals surface area contributed by atoms with Crippen molar-refractivity contribution in [3.05, 3.63) is 58.2 Å². The summed E-state index contributed by atoms with van der Waals surface area (Å²) < 4.78 is 16.4. The highest BCUT2D eigenvalue weighted by Gasteiger charge is 2.40. The lowest BCUT2D eigenvalue weighted by Gasteiger charge is -2.25. The molecule has 0 saturated heterocycles. The average molecular weight is 622 g/mol. The normalized spacial score (nSPS) is 21.3. The van der Waals surface area contributed by atoms with Gasteiger partial charge in [-0.05, 0) is 89.0 Å². The SMILES string of the molecule is CCC(COCCC(=O)O[C@@H](CCc1ccccc1)CC[C@@H]1[C@@H](C/C=C\CCCC(=O)OC(C)C)[C@@H](O)C[C@H]1O)O[N+](=O)[O-]. The number of carbonyl (C=O) groups excluding carboxylic acids is 2. The highest BCUT2D eigenvalue weighted by atomic mass is 17.0. The molecule has 2 rings (SSSR count). The number of unbranched alkanes of at least 4 members (excludes halogenated alkanes) is 1. The summed E-state index contributed by atoms with van der Waals surface area (Å²) in [6, 6.07) is 9.92. The van der Waals surface area contributed by atoms with Crippen molar-refractivity contribution in [2.45, 2.75) is 122 Å². The second-order valence-corrected chi connectivity index (χ2v) is 11.7. The minimum Gasteiger partial charge on any atom is -0.463 e. The number of nitrogens with zero attached hydrogens (tertiary/aromatic N) is 1. The number of benzene rings is 1. The van der Waals surface area contributed by atoms with Crippen LogP contribution in [0, 0.1) is 22.0 Å². The Morgan fingerprint density at radius 2 is 1.70 bits per heavy atom. The fraction of sp³-hybridized carbons (Fsp3) is 0.697. The first-order chi connectivity index (χ1) is 21.1. The van der Waals surface area contributed by atoms with Crippen LogP contribution in [0.5, 0.6) is 0 Å². The molecule has 11 nitrogen and oxygen atoms in total. The van der Waals surface area contributed by atoms with E-state index in [1.165, 1.54) is 0 Å². The molecule has 0 aliphatic heterocycles. The highest BCUT2D eigenvalue weighted by molar-refractivity contribution is 5.69. The van der Waals surface area contributed by atoms with E-state index in [4.69, 9.17) is 14.2 Å². The molecule has 0 heterocycles. The van der Waals surface area contributed by atoms with Crippen molar-refractivity contribution in [1.82, 2.24) is 0 Å². The largest absolute Gasteiger partial charge is 0.463 e. The van der Waals surface area contributed by atoms with Crippen LogP contribution in [0.25, 0.3) is 0 Å². The van der Waals surface area contributed by atoms with Crippen molar-refractivity contribution in [3.8, 4) is 0 Å². The van der Waals surface area contributed by atoms with E-state index in [1.807, 2.05) is 56.3 Å². The Morgan fingerprint density at radius 3 is 2.39 bits per heavy atom. The topological polar surface area (TPSA) is 155 Å². The standard InChI is InChI=1S/C33H51NO10/c1-4-26(44-34(39)40)23-41-21-20-33(38)43-27(17-16-25-12-8-7-9-13-25)18-19-29-28(30(35)22-31(29)36)14-10-5-6-11-15-32(37)42-24(2)3/h5,7-10,12-13,24,26-31,35-36H,4,6,11,14-23H2,1-3H3/b10-5-/t26?,27-,28+,29+,30-,31+/m0/s1. The lowest BCUT2D eigenvalue weighted by Crippen LogP contribution is -2.26. The lowest BCUT2D eigenvalue weighted by molar-refractivity contribution is -0.769. The van der Waals surface area contributed by atoms with Gasteiger partial charge in [-0.3, -0.25) is 9.59 Å². The van der Waals surface area contributed by atoms with Crippen molar-refractivity contribution in [2.24, 2.45) is 11.8 Å². The minimum atomic E-state index is -0.848. The van der Waals surface area contributed by atoms with E-state index in [0.717, 1.165) is 18.4 Å². The Labute approximate surface area is 261 Å². The summed E-state index contributed by atoms with van der Waals surface area (Å²) in [6.07, 6.45) is 7.16. The van der Waals surface area contributed by atoms with E-state index in [9.17, 15) is 29.9 Å². The number of hydrogen-bond acceptors (Lipinski definition) is 10. The van der Waals surface area contributed by atoms with Gasteiger partial charge in [0.2, 0.25) is 0 Å². The molecule has 1 unspecified atom stereocenters. The Balaban J connectivity index is 1.89. The molecule has 0 aromatic heterocycles. The van der Waals surface area contributed by atoms with Gasteiger partial charge >= 0.3 is 11.9 Å². The van der Waals surface area contributed by atoms with E-state index >= 15 is 0 Å². The molecule has 1 aliphatic rings. The van der Waals surface area contributed by atoms with Gasteiger partial charge in [-0.25, -0.2) is 0 Å². The monoisotopic (exact) mass is 621 g/mol. The molecule has 0 radical (unpaired) electrons. The summed E-state index contributed by atoms with van der Waals surface area (Å²) >= 11 is 0. The number of allylic oxidation sites excluding steroid dienone is 2. The molecular formula is C33H51NO10. The number of ether oxygens (including phenoxy) is 3. The molecule has 0 amide bonds. The molecule has 248 valence electrons. The smallest absolute Gasteiger partial charge is 0.308 e. The van der Waals surface area contributed by atoms with Crippen LogP contribution < -0.4 is 0 Å². The zero-order valence-electron chi connectivity index (χ0n) is 26.4. The molecule has 11 heteroatoms. The summed E-state index contributed by atoms with van der Waals surface area (Å²) in [5.74, 6) is -0.872. The first-order valence-electron chi connectivity index (χ1n) is 15.9. The van der Waals surface area contributed by atoms with Crippen molar-refractivity contribution < 1.29 is 43.9 Å². The lowest BCUT2D eigenvalue weighted by atomic mass is 9.85. The summed E-state index contributed by atoms with van der Waals surface area (Å²) in [7, 11) is 0. The molecule has 1 fully saturated rings. The van der Waals surface area contributed by atoms with Crippen molar-refractivity contribution >= 4 is 11.9 Å². The van der Waals surface area contributed by atoms with Crippen LogP contribution >= 0.6 is 0 Å². The van der Waals surface area contributed by atoms with Crippen LogP contribution in [0.1, 0.15) is 90.5 Å². The Kier molecular flexibility index (Phi) is 17.6. The molecule has 6 atom stereocenters. The zero-order valence-corrected chi connectivity index (χ0v) is 26.4. The summed E-state index contributed by atoms with van der Waals surface area (Å²) in [5, 5.41) is 31.1. The van der Waals surface area contributed by atoms with Gasteiger partial charge in [-0.15, -0.1) is 10.1 Å². The number of carbonyl (C=O) groups is 2. The molecule has 1 aromatic rings. The molecule has 2 N–H and O–H groups in total. The number of hydrogen-bond donors (Lipinski definition) is 2. The van der Waals surface area contributed by atoms with Crippen molar-refractivity contribution in [1.29, 1.82) is 0 Å². The van der Waals surface area contributed by atoms with Crippen LogP contribution in [-0.4, -0.2) is 71.0 Å². The maximum atomic E-state index is 12.7. The maximum Gasteiger partial charge on any atom is 0.308 e. The van der Waals surface area contributed by atoms with Gasteiger partial charge < -0.3 is 29.3 Å². The van der Waals surface area contributed by atoms with Gasteiger partial charge in [0.05, 0.1) is 37.9 Å². The summed E-state index contributed by atoms with van der Waals surface area (Å²) in [4.78, 5) is 39.5. The molecule has 1 saturated carbocycles. The van der Waals surface area contributed by atoms with E-state index in [1.54, 1.807) is 6.92 Å². The van der Waals surface area contributed by atoms with Gasteiger partial charge in [-0.1, -0.05) is 49.4 Å². The van der Waals surface area contributed by atoms with Crippen LogP contribution in [0.15, 0.2) is 42.5 Å². The van der Waals surface area contributed by atoms with E-state index < -0.39 is 29.4 Å². The van der Waals surface area contributed by atoms with E-state index in [2.05, 4.69) is 4.84 Å². The van der Waals surface area contributed by atoms with Gasteiger partial charge in [-0.2, -0.15) is 0 Å². The fourth-order valence-corrected chi connectivity index (χ4v) is 5.54. The summed E-state index contributed by atoms with van der Waals surface area (Å²) in [5.41, 5.74) is 1.13. The van der Waals surface area contributed by atoms with Crippen LogP contribution in [0.4, 0.5) is 0 Å². The van der Waals surface area contributed by atoms with Crippen LogP contribution in [0.2, 0.25) is 0 Å². The van der Waals surface area contributed by atoms with Crippen LogP contribution in [-0.2, 0) is 35.1 Å². The third-order valence-corrected chi connectivity index (χ3v) is 7.88. The van der Waals surface area contributed by atoms with Gasteiger partial charge in [0, 0.05) is 6.42 Å². The Morgan fingerprint density at radius 1 is 1.00 bits per heavy atom. The number of aliphatic hydroxyl groups excluding tert-OH is 2. The number of aryl methyl sites for hydroxylation is 1. The molecule has 0 spiro atoms. The van der Waals surface area contributed by atoms with E-state index in [0.29, 0.717) is 51.4 Å². The Bertz CT molecular complexity index is 1000. The predicted octanol–water partition coefficient (Wildman–Crippen LogP) is 5.13. The average Bonchev–Trinajstić information content (AvgIpc) is 3.24. The van der Waals surface area contributed by atoms with Gasteiger partial charge in [0.15, 0.2) is 0 Å². The second kappa shape index (κ2) is 20.8. The fourth-order valence-electron chi connectivity index (χ4n) is 5.54. The first-order valence-corrected chi connectivity index (χ1v) is 15.9. The maximum absolute atomic E-state index is 12.7. The van der Waals surface area contributed by atoms with Crippen molar-refractivity contribution in [2.75, 3.05) is 13.2 Å². The third-order valence-electron chi connectivity index (χ3n) is 7.88. The number of rotatable bonds is 22. The van der Waals surface area contributed by atoms with Gasteiger partial charge in [0.1, 0.15) is 12.2 Å². The minimum absolute atomic E-state index is 0.00408. The zero-order chi connectivity index (χ0) is 32.3. The quantitative estimate of drug-likeness (QED) is 0.0585. The molecule has 0 bridgehead atoms. The Hall–Kier alpha value is -3.02. The predicted molar refractivity (Wildman–Crippen MR) is 164 cm³/mol.